The van der Waals surface area contributed by atoms with Crippen LogP contribution in [0.1, 0.15) is 63.1 Å². The molecule has 5 rings (SSSR count). The van der Waals surface area contributed by atoms with Crippen molar-refractivity contribution in [3.8, 4) is 6.07 Å². The first-order valence-corrected chi connectivity index (χ1v) is 14.2. The van der Waals surface area contributed by atoms with Gasteiger partial charge >= 0.3 is 0 Å². The van der Waals surface area contributed by atoms with Crippen molar-refractivity contribution in [3.05, 3.63) is 88.8 Å². The third-order valence-electron chi connectivity index (χ3n) is 7.71. The number of nitrogens with zero attached hydrogens (tertiary/aromatic N) is 4. The predicted octanol–water partition coefficient (Wildman–Crippen LogP) is 6.35. The summed E-state index contributed by atoms with van der Waals surface area (Å²) in [6, 6.07) is 13.1. The minimum Gasteiger partial charge on any atom is -0.351 e. The molecule has 2 atom stereocenters. The van der Waals surface area contributed by atoms with E-state index in [-0.39, 0.29) is 60.8 Å². The van der Waals surface area contributed by atoms with Gasteiger partial charge in [0.25, 0.3) is 5.91 Å². The normalized spacial score (nSPS) is 18.6. The number of anilines is 2. The molecular formula is C32H31ClF3N5O3. The minimum atomic E-state index is -2.82. The van der Waals surface area contributed by atoms with Crippen molar-refractivity contribution in [1.29, 1.82) is 5.26 Å². The van der Waals surface area contributed by atoms with Crippen LogP contribution in [0.5, 0.6) is 0 Å². The van der Waals surface area contributed by atoms with Gasteiger partial charge in [0.1, 0.15) is 23.7 Å². The molecule has 1 saturated heterocycles. The first kappa shape index (κ1) is 32.5. The first-order chi connectivity index (χ1) is 20.6. The number of nitriles is 1. The zero-order valence-electron chi connectivity index (χ0n) is 22.9. The summed E-state index contributed by atoms with van der Waals surface area (Å²) in [5.74, 6) is -5.23. The molecule has 3 aromatic rings. The predicted molar refractivity (Wildman–Crippen MR) is 160 cm³/mol. The Morgan fingerprint density at radius 3 is 2.50 bits per heavy atom. The lowest BCUT2D eigenvalue weighted by molar-refractivity contribution is -0.128. The number of hydrogen-bond acceptors (Lipinski definition) is 5. The van der Waals surface area contributed by atoms with E-state index in [0.29, 0.717) is 0 Å². The molecule has 0 spiro atoms. The van der Waals surface area contributed by atoms with Crippen LogP contribution >= 0.6 is 11.6 Å². The molecule has 2 fully saturated rings. The molecule has 2 aromatic carbocycles. The zero-order valence-corrected chi connectivity index (χ0v) is 23.6. The molecule has 2 heterocycles. The second-order valence-electron chi connectivity index (χ2n) is 10.6. The summed E-state index contributed by atoms with van der Waals surface area (Å²) in [7, 11) is 0. The van der Waals surface area contributed by atoms with Crippen molar-refractivity contribution in [2.75, 3.05) is 9.80 Å². The third kappa shape index (κ3) is 6.86. The van der Waals surface area contributed by atoms with E-state index in [1.807, 2.05) is 6.07 Å². The van der Waals surface area contributed by atoms with Crippen molar-refractivity contribution in [3.63, 3.8) is 0 Å². The van der Waals surface area contributed by atoms with Crippen molar-refractivity contribution >= 4 is 40.8 Å². The summed E-state index contributed by atoms with van der Waals surface area (Å²) in [5.41, 5.74) is 0.475. The molecule has 0 unspecified atom stereocenters. The Morgan fingerprint density at radius 1 is 1.09 bits per heavy atom. The fraction of sp³-hybridized carbons (Fsp3) is 0.344. The van der Waals surface area contributed by atoms with Crippen LogP contribution in [0.25, 0.3) is 0 Å². The van der Waals surface area contributed by atoms with Gasteiger partial charge in [-0.3, -0.25) is 24.2 Å². The molecule has 12 heteroatoms. The van der Waals surface area contributed by atoms with E-state index in [1.165, 1.54) is 47.5 Å². The quantitative estimate of drug-likeness (QED) is 0.330. The number of pyridine rings is 1. The van der Waals surface area contributed by atoms with Gasteiger partial charge in [-0.25, -0.2) is 18.2 Å². The van der Waals surface area contributed by atoms with Crippen LogP contribution in [0.4, 0.5) is 24.7 Å². The number of alkyl halides is 2. The van der Waals surface area contributed by atoms with E-state index < -0.39 is 60.4 Å². The average Bonchev–Trinajstić information content (AvgIpc) is 3.38. The van der Waals surface area contributed by atoms with Gasteiger partial charge in [-0.2, -0.15) is 5.26 Å². The summed E-state index contributed by atoms with van der Waals surface area (Å²) in [4.78, 5) is 48.2. The van der Waals surface area contributed by atoms with Crippen LogP contribution in [0.3, 0.4) is 0 Å². The van der Waals surface area contributed by atoms with Gasteiger partial charge in [0.15, 0.2) is 0 Å². The number of halogens is 4. The van der Waals surface area contributed by atoms with Gasteiger partial charge in [0, 0.05) is 47.8 Å². The number of benzene rings is 2. The lowest BCUT2D eigenvalue weighted by atomic mass is 9.91. The van der Waals surface area contributed by atoms with E-state index in [2.05, 4.69) is 10.3 Å². The largest absolute Gasteiger partial charge is 0.351 e. The smallest absolute Gasteiger partial charge is 0.251 e. The lowest BCUT2D eigenvalue weighted by Gasteiger charge is -2.37. The van der Waals surface area contributed by atoms with Crippen molar-refractivity contribution < 1.29 is 27.6 Å². The molecule has 1 aliphatic heterocycles. The van der Waals surface area contributed by atoms with E-state index in [4.69, 9.17) is 11.6 Å². The van der Waals surface area contributed by atoms with Gasteiger partial charge in [-0.05, 0) is 55.7 Å². The molecule has 1 N–H and O–H groups in total. The Kier molecular flexibility index (Phi) is 9.95. The average molecular weight is 626 g/mol. The number of carbonyl (C=O) groups is 3. The van der Waals surface area contributed by atoms with Gasteiger partial charge in [0.05, 0.1) is 11.6 Å². The van der Waals surface area contributed by atoms with E-state index in [0.717, 1.165) is 11.0 Å². The lowest BCUT2D eigenvalue weighted by Crippen LogP contribution is -2.53. The van der Waals surface area contributed by atoms with Crippen LogP contribution in [0.2, 0.25) is 5.02 Å². The van der Waals surface area contributed by atoms with E-state index in [9.17, 15) is 32.8 Å². The van der Waals surface area contributed by atoms with Gasteiger partial charge in [-0.1, -0.05) is 43.3 Å². The molecule has 1 aliphatic carbocycles. The summed E-state index contributed by atoms with van der Waals surface area (Å²) < 4.78 is 42.3. The fourth-order valence-electron chi connectivity index (χ4n) is 5.57. The molecule has 8 nitrogen and oxygen atoms in total. The van der Waals surface area contributed by atoms with Crippen LogP contribution in [-0.2, 0) is 14.4 Å². The highest BCUT2D eigenvalue weighted by Crippen LogP contribution is 2.37. The number of hydrogen-bond donors (Lipinski definition) is 1. The summed E-state index contributed by atoms with van der Waals surface area (Å²) >= 11 is 6.56. The molecule has 2 aliphatic rings. The molecule has 0 bridgehead atoms. The number of aromatic nitrogens is 1. The molecule has 1 saturated carbocycles. The standard InChI is InChI=1S/C31H27ClF3N5O3.CH4/c32-24-7-2-1-6-23(24)28(29(42)38-21-10-13-31(34,35)14-11-21)39(22-5-3-4-20(33)17-22)30(43)25-8-9-27(41)40(25)26-16-19(18-36)12-15-37-26;/h1-7,12,15-17,21,25,28H,8-11,13-14H2,(H,38,42);1H4/t25-,28+;/m0./s1. The number of rotatable bonds is 7. The molecule has 230 valence electrons. The SMILES string of the molecule is C.N#Cc1ccnc(N2C(=O)CC[C@H]2C(=O)N(c2cccc(F)c2)[C@@H](C(=O)NC2CCC(F)(F)CC2)c2ccccc2Cl)c1. The van der Waals surface area contributed by atoms with Crippen molar-refractivity contribution in [1.82, 2.24) is 10.3 Å². The van der Waals surface area contributed by atoms with E-state index in [1.54, 1.807) is 18.2 Å². The third-order valence-corrected chi connectivity index (χ3v) is 8.06. The van der Waals surface area contributed by atoms with Gasteiger partial charge in [-0.15, -0.1) is 0 Å². The van der Waals surface area contributed by atoms with E-state index >= 15 is 0 Å². The van der Waals surface area contributed by atoms with Gasteiger partial charge < -0.3 is 5.32 Å². The second kappa shape index (κ2) is 13.5. The molecule has 0 radical (unpaired) electrons. The summed E-state index contributed by atoms with van der Waals surface area (Å²) in [5, 5.41) is 12.3. The Morgan fingerprint density at radius 2 is 1.82 bits per heavy atom. The topological polar surface area (TPSA) is 106 Å². The molecule has 44 heavy (non-hydrogen) atoms. The maximum absolute atomic E-state index is 14.6. The van der Waals surface area contributed by atoms with Crippen LogP contribution in [0, 0.1) is 17.1 Å². The summed E-state index contributed by atoms with van der Waals surface area (Å²) in [6.07, 6.45) is 0.687. The second-order valence-corrected chi connectivity index (χ2v) is 11.0. The zero-order chi connectivity index (χ0) is 30.7. The number of carbonyl (C=O) groups excluding carboxylic acids is 3. The fourth-order valence-corrected chi connectivity index (χ4v) is 5.81. The van der Waals surface area contributed by atoms with Gasteiger partial charge in [0.2, 0.25) is 17.7 Å². The molecular weight excluding hydrogens is 595 g/mol. The Bertz CT molecular complexity index is 1590. The van der Waals surface area contributed by atoms with Crippen LogP contribution < -0.4 is 15.1 Å². The Hall–Kier alpha value is -4.43. The van der Waals surface area contributed by atoms with Crippen LogP contribution in [0.15, 0.2) is 66.9 Å². The van der Waals surface area contributed by atoms with Crippen molar-refractivity contribution in [2.45, 2.75) is 70.0 Å². The van der Waals surface area contributed by atoms with Crippen molar-refractivity contribution in [2.24, 2.45) is 0 Å². The Labute approximate surface area is 258 Å². The maximum Gasteiger partial charge on any atom is 0.251 e. The molecule has 3 amide bonds. The van der Waals surface area contributed by atoms with Crippen LogP contribution in [-0.4, -0.2) is 40.7 Å². The maximum atomic E-state index is 14.6. The monoisotopic (exact) mass is 625 g/mol. The highest BCUT2D eigenvalue weighted by atomic mass is 35.5. The molecule has 1 aromatic heterocycles. The number of nitrogens with one attached hydrogen (secondary N) is 1. The number of amides is 3. The minimum absolute atomic E-state index is 0. The highest BCUT2D eigenvalue weighted by Gasteiger charge is 2.45. The first-order valence-electron chi connectivity index (χ1n) is 13.8. The Balaban J connectivity index is 0.00000442. The highest BCUT2D eigenvalue weighted by molar-refractivity contribution is 6.31. The summed E-state index contributed by atoms with van der Waals surface area (Å²) in [6.45, 7) is 0.